The minimum Gasteiger partial charge on any atom is -0.369 e. The Labute approximate surface area is 172 Å². The minimum absolute atomic E-state index is 0.00287. The molecule has 0 spiro atoms. The first-order chi connectivity index (χ1) is 14.1. The van der Waals surface area contributed by atoms with Crippen LogP contribution in [0.15, 0.2) is 54.6 Å². The number of hydrogen-bond acceptors (Lipinski definition) is 4. The van der Waals surface area contributed by atoms with Crippen LogP contribution in [0.2, 0.25) is 0 Å². The van der Waals surface area contributed by atoms with Crippen LogP contribution in [0.1, 0.15) is 22.3 Å². The highest BCUT2D eigenvalue weighted by atomic mass is 16.2. The summed E-state index contributed by atoms with van der Waals surface area (Å²) in [4.78, 5) is 28.7. The Bertz CT molecular complexity index is 802. The lowest BCUT2D eigenvalue weighted by molar-refractivity contribution is -0.120. The molecule has 29 heavy (non-hydrogen) atoms. The van der Waals surface area contributed by atoms with Gasteiger partial charge in [0.2, 0.25) is 5.91 Å². The number of benzene rings is 2. The molecule has 0 aliphatic carbocycles. The van der Waals surface area contributed by atoms with Crippen molar-refractivity contribution in [1.82, 2.24) is 15.5 Å². The fraction of sp³-hybridized carbons (Fsp3) is 0.391. The van der Waals surface area contributed by atoms with Crippen LogP contribution in [0.25, 0.3) is 0 Å². The number of hydrogen-bond donors (Lipinski definition) is 2. The van der Waals surface area contributed by atoms with E-state index in [1.165, 1.54) is 11.3 Å². The van der Waals surface area contributed by atoms with Crippen LogP contribution in [-0.2, 0) is 4.79 Å². The van der Waals surface area contributed by atoms with E-state index >= 15 is 0 Å². The van der Waals surface area contributed by atoms with Gasteiger partial charge in [0.25, 0.3) is 5.91 Å². The lowest BCUT2D eigenvalue weighted by Crippen LogP contribution is -2.47. The van der Waals surface area contributed by atoms with Crippen molar-refractivity contribution in [1.29, 1.82) is 0 Å². The molecule has 2 aromatic rings. The molecule has 1 saturated heterocycles. The van der Waals surface area contributed by atoms with Crippen LogP contribution in [-0.4, -0.2) is 62.5 Å². The van der Waals surface area contributed by atoms with Gasteiger partial charge in [-0.3, -0.25) is 14.5 Å². The van der Waals surface area contributed by atoms with E-state index in [2.05, 4.69) is 51.6 Å². The molecule has 2 aromatic carbocycles. The Balaban J connectivity index is 1.27. The number of carbonyl (C=O) groups is 2. The molecule has 1 heterocycles. The molecule has 0 unspecified atom stereocenters. The molecule has 1 aliphatic rings. The van der Waals surface area contributed by atoms with Gasteiger partial charge in [-0.1, -0.05) is 30.3 Å². The van der Waals surface area contributed by atoms with Gasteiger partial charge in [0.1, 0.15) is 0 Å². The molecular formula is C23H30N4O2. The summed E-state index contributed by atoms with van der Waals surface area (Å²) < 4.78 is 0. The monoisotopic (exact) mass is 394 g/mol. The zero-order chi connectivity index (χ0) is 20.5. The van der Waals surface area contributed by atoms with Gasteiger partial charge in [0.15, 0.2) is 0 Å². The van der Waals surface area contributed by atoms with E-state index in [4.69, 9.17) is 0 Å². The van der Waals surface area contributed by atoms with Crippen molar-refractivity contribution in [2.24, 2.45) is 0 Å². The number of rotatable bonds is 8. The normalized spacial score (nSPS) is 14.4. The van der Waals surface area contributed by atoms with E-state index < -0.39 is 0 Å². The highest BCUT2D eigenvalue weighted by Gasteiger charge is 2.16. The Kier molecular flexibility index (Phi) is 7.64. The molecule has 2 N–H and O–H groups in total. The molecule has 0 aromatic heterocycles. The van der Waals surface area contributed by atoms with E-state index in [-0.39, 0.29) is 18.4 Å². The summed E-state index contributed by atoms with van der Waals surface area (Å²) in [6.45, 7) is 7.85. The molecule has 0 saturated carbocycles. The summed E-state index contributed by atoms with van der Waals surface area (Å²) in [6, 6.07) is 17.6. The molecule has 2 amide bonds. The highest BCUT2D eigenvalue weighted by molar-refractivity contribution is 5.96. The topological polar surface area (TPSA) is 64.7 Å². The second-order valence-corrected chi connectivity index (χ2v) is 7.42. The molecule has 6 heteroatoms. The predicted molar refractivity (Wildman–Crippen MR) is 116 cm³/mol. The average Bonchev–Trinajstić information content (AvgIpc) is 2.76. The third-order valence-corrected chi connectivity index (χ3v) is 5.16. The molecule has 6 nitrogen and oxygen atoms in total. The fourth-order valence-corrected chi connectivity index (χ4v) is 3.50. The largest absolute Gasteiger partial charge is 0.369 e. The van der Waals surface area contributed by atoms with Crippen molar-refractivity contribution in [3.8, 4) is 0 Å². The van der Waals surface area contributed by atoms with E-state index in [1.807, 2.05) is 6.07 Å². The number of aryl methyl sites for hydroxylation is 1. The van der Waals surface area contributed by atoms with E-state index in [1.54, 1.807) is 24.3 Å². The third-order valence-electron chi connectivity index (χ3n) is 5.16. The van der Waals surface area contributed by atoms with Crippen LogP contribution in [0.4, 0.5) is 5.69 Å². The van der Waals surface area contributed by atoms with E-state index in [9.17, 15) is 9.59 Å². The lowest BCUT2D eigenvalue weighted by Gasteiger charge is -2.36. The maximum Gasteiger partial charge on any atom is 0.251 e. The van der Waals surface area contributed by atoms with Gasteiger partial charge in [-0.15, -0.1) is 0 Å². The standard InChI is InChI=1S/C23H30N4O2/c1-19-7-5-10-21(17-19)27-15-13-26(14-16-27)12-6-11-24-22(28)18-25-23(29)20-8-3-2-4-9-20/h2-5,7-10,17H,6,11-16,18H2,1H3,(H,24,28)(H,25,29). The summed E-state index contributed by atoms with van der Waals surface area (Å²) in [5.74, 6) is -0.384. The SMILES string of the molecule is Cc1cccc(N2CCN(CCCNC(=O)CNC(=O)c3ccccc3)CC2)c1. The van der Waals surface area contributed by atoms with Crippen LogP contribution >= 0.6 is 0 Å². The van der Waals surface area contributed by atoms with Gasteiger partial charge in [0.05, 0.1) is 6.54 Å². The molecule has 1 fully saturated rings. The van der Waals surface area contributed by atoms with Crippen LogP contribution in [0, 0.1) is 6.92 Å². The van der Waals surface area contributed by atoms with Crippen molar-refractivity contribution in [2.75, 3.05) is 50.7 Å². The number of amides is 2. The number of nitrogens with one attached hydrogen (secondary N) is 2. The first kappa shape index (κ1) is 20.9. The first-order valence-corrected chi connectivity index (χ1v) is 10.3. The Morgan fingerprint density at radius 3 is 2.41 bits per heavy atom. The van der Waals surface area contributed by atoms with E-state index in [0.717, 1.165) is 39.1 Å². The van der Waals surface area contributed by atoms with Gasteiger partial charge in [-0.05, 0) is 49.7 Å². The molecule has 154 valence electrons. The van der Waals surface area contributed by atoms with Crippen molar-refractivity contribution >= 4 is 17.5 Å². The number of piperazine rings is 1. The highest BCUT2D eigenvalue weighted by Crippen LogP contribution is 2.17. The Hall–Kier alpha value is -2.86. The van der Waals surface area contributed by atoms with Crippen LogP contribution in [0.3, 0.4) is 0 Å². The van der Waals surface area contributed by atoms with Crippen molar-refractivity contribution in [3.05, 3.63) is 65.7 Å². The summed E-state index contributed by atoms with van der Waals surface area (Å²) in [7, 11) is 0. The van der Waals surface area contributed by atoms with Crippen molar-refractivity contribution in [3.63, 3.8) is 0 Å². The summed E-state index contributed by atoms with van der Waals surface area (Å²) in [5.41, 5.74) is 3.15. The summed E-state index contributed by atoms with van der Waals surface area (Å²) in [6.07, 6.45) is 0.906. The van der Waals surface area contributed by atoms with Crippen LogP contribution in [0.5, 0.6) is 0 Å². The van der Waals surface area contributed by atoms with Gasteiger partial charge < -0.3 is 15.5 Å². The number of anilines is 1. The third kappa shape index (κ3) is 6.61. The molecule has 0 atom stereocenters. The summed E-state index contributed by atoms with van der Waals surface area (Å²) in [5, 5.41) is 5.53. The number of nitrogens with zero attached hydrogens (tertiary/aromatic N) is 2. The maximum absolute atomic E-state index is 11.9. The lowest BCUT2D eigenvalue weighted by atomic mass is 10.2. The predicted octanol–water partition coefficient (Wildman–Crippen LogP) is 2.05. The van der Waals surface area contributed by atoms with Crippen molar-refractivity contribution < 1.29 is 9.59 Å². The molecule has 0 radical (unpaired) electrons. The number of carbonyl (C=O) groups excluding carboxylic acids is 2. The quantitative estimate of drug-likeness (QED) is 0.673. The summed E-state index contributed by atoms with van der Waals surface area (Å²) >= 11 is 0. The second-order valence-electron chi connectivity index (χ2n) is 7.42. The zero-order valence-corrected chi connectivity index (χ0v) is 17.1. The molecular weight excluding hydrogens is 364 g/mol. The Morgan fingerprint density at radius 1 is 0.931 bits per heavy atom. The zero-order valence-electron chi connectivity index (χ0n) is 17.1. The second kappa shape index (κ2) is 10.6. The van der Waals surface area contributed by atoms with Gasteiger partial charge in [0, 0.05) is 44.0 Å². The minimum atomic E-state index is -0.229. The van der Waals surface area contributed by atoms with Crippen molar-refractivity contribution in [2.45, 2.75) is 13.3 Å². The maximum atomic E-state index is 11.9. The fourth-order valence-electron chi connectivity index (χ4n) is 3.50. The average molecular weight is 395 g/mol. The van der Waals surface area contributed by atoms with Gasteiger partial charge >= 0.3 is 0 Å². The molecule has 1 aliphatic heterocycles. The first-order valence-electron chi connectivity index (χ1n) is 10.3. The molecule has 0 bridgehead atoms. The molecule has 3 rings (SSSR count). The van der Waals surface area contributed by atoms with Crippen LogP contribution < -0.4 is 15.5 Å². The Morgan fingerprint density at radius 2 is 1.69 bits per heavy atom. The van der Waals surface area contributed by atoms with Gasteiger partial charge in [-0.25, -0.2) is 0 Å². The smallest absolute Gasteiger partial charge is 0.251 e. The van der Waals surface area contributed by atoms with E-state index in [0.29, 0.717) is 12.1 Å². The van der Waals surface area contributed by atoms with Gasteiger partial charge in [-0.2, -0.15) is 0 Å².